The van der Waals surface area contributed by atoms with Crippen molar-refractivity contribution in [3.8, 4) is 0 Å². The second-order valence-corrected chi connectivity index (χ2v) is 3.56. The van der Waals surface area contributed by atoms with Gasteiger partial charge in [-0.15, -0.1) is 0 Å². The van der Waals surface area contributed by atoms with Crippen molar-refractivity contribution in [1.29, 1.82) is 0 Å². The molecule has 4 heteroatoms. The van der Waals surface area contributed by atoms with Gasteiger partial charge in [-0.25, -0.2) is 9.97 Å². The molecule has 2 nitrogen and oxygen atoms in total. The Kier molecular flexibility index (Phi) is 1.98. The lowest BCUT2D eigenvalue weighted by atomic mass is 10.2. The average molecular weight is 242 g/mol. The maximum Gasteiger partial charge on any atom is 0.198 e. The highest BCUT2D eigenvalue weighted by Gasteiger charge is 2.00. The minimum Gasteiger partial charge on any atom is -0.233 e. The standard InChI is InChI=1S/C8H3BrClN2/c9-6-2-8-5(1-7(6)10)3-11-4-12-8/h1-3H. The molecule has 1 heterocycles. The van der Waals surface area contributed by atoms with Crippen LogP contribution in [0.2, 0.25) is 5.02 Å². The van der Waals surface area contributed by atoms with Gasteiger partial charge < -0.3 is 0 Å². The van der Waals surface area contributed by atoms with Crippen molar-refractivity contribution in [2.45, 2.75) is 0 Å². The summed E-state index contributed by atoms with van der Waals surface area (Å²) in [6.45, 7) is 0. The summed E-state index contributed by atoms with van der Waals surface area (Å²) in [6.07, 6.45) is 4.20. The van der Waals surface area contributed by atoms with Crippen molar-refractivity contribution in [3.05, 3.63) is 34.2 Å². The van der Waals surface area contributed by atoms with Gasteiger partial charge in [0.05, 0.1) is 10.5 Å². The monoisotopic (exact) mass is 241 g/mol. The number of rotatable bonds is 0. The van der Waals surface area contributed by atoms with Crippen molar-refractivity contribution in [1.82, 2.24) is 9.97 Å². The van der Waals surface area contributed by atoms with E-state index in [2.05, 4.69) is 32.2 Å². The molecule has 12 heavy (non-hydrogen) atoms. The highest BCUT2D eigenvalue weighted by Crippen LogP contribution is 2.26. The zero-order chi connectivity index (χ0) is 8.55. The lowest BCUT2D eigenvalue weighted by Crippen LogP contribution is -1.81. The number of nitrogens with zero attached hydrogens (tertiary/aromatic N) is 2. The normalized spacial score (nSPS) is 10.5. The molecule has 0 aliphatic rings. The van der Waals surface area contributed by atoms with E-state index in [0.717, 1.165) is 15.4 Å². The van der Waals surface area contributed by atoms with Gasteiger partial charge in [-0.05, 0) is 28.1 Å². The van der Waals surface area contributed by atoms with Gasteiger partial charge in [-0.3, -0.25) is 0 Å². The Morgan fingerprint density at radius 1 is 1.42 bits per heavy atom. The first-order valence-corrected chi connectivity index (χ1v) is 4.42. The lowest BCUT2D eigenvalue weighted by molar-refractivity contribution is 1.20. The van der Waals surface area contributed by atoms with Crippen LogP contribution in [-0.2, 0) is 0 Å². The highest BCUT2D eigenvalue weighted by atomic mass is 79.9. The third kappa shape index (κ3) is 1.30. The molecule has 1 aromatic heterocycles. The Hall–Kier alpha value is -0.670. The molecule has 0 saturated carbocycles. The molecule has 0 fully saturated rings. The van der Waals surface area contributed by atoms with E-state index < -0.39 is 0 Å². The van der Waals surface area contributed by atoms with Crippen LogP contribution in [0.5, 0.6) is 0 Å². The molecule has 0 unspecified atom stereocenters. The van der Waals surface area contributed by atoms with E-state index in [1.54, 1.807) is 6.20 Å². The Morgan fingerprint density at radius 3 is 3.08 bits per heavy atom. The molecule has 59 valence electrons. The number of hydrogen-bond donors (Lipinski definition) is 0. The van der Waals surface area contributed by atoms with Gasteiger partial charge in [0, 0.05) is 16.1 Å². The molecular weight excluding hydrogens is 239 g/mol. The molecule has 0 saturated heterocycles. The van der Waals surface area contributed by atoms with E-state index in [-0.39, 0.29) is 0 Å². The summed E-state index contributed by atoms with van der Waals surface area (Å²) < 4.78 is 0.837. The minimum atomic E-state index is 0.664. The molecule has 0 N–H and O–H groups in total. The van der Waals surface area contributed by atoms with Gasteiger partial charge >= 0.3 is 0 Å². The molecule has 0 atom stereocenters. The molecule has 0 bridgehead atoms. The molecular formula is C8H3BrClN2. The summed E-state index contributed by atoms with van der Waals surface area (Å²) in [4.78, 5) is 7.73. The maximum absolute atomic E-state index is 5.88. The molecule has 0 aliphatic carbocycles. The summed E-state index contributed by atoms with van der Waals surface area (Å²) in [7, 11) is 0. The molecule has 1 radical (unpaired) electrons. The van der Waals surface area contributed by atoms with Crippen LogP contribution in [0.1, 0.15) is 0 Å². The van der Waals surface area contributed by atoms with Crippen LogP contribution in [0.25, 0.3) is 10.9 Å². The summed E-state index contributed by atoms with van der Waals surface area (Å²) in [6, 6.07) is 3.66. The highest BCUT2D eigenvalue weighted by molar-refractivity contribution is 9.10. The topological polar surface area (TPSA) is 25.8 Å². The second kappa shape index (κ2) is 2.99. The number of benzene rings is 1. The van der Waals surface area contributed by atoms with E-state index in [1.165, 1.54) is 0 Å². The first kappa shape index (κ1) is 7.95. The van der Waals surface area contributed by atoms with E-state index in [9.17, 15) is 0 Å². The van der Waals surface area contributed by atoms with Gasteiger partial charge in [0.25, 0.3) is 0 Å². The summed E-state index contributed by atoms with van der Waals surface area (Å²) in [5.74, 6) is 0. The molecule has 0 amide bonds. The van der Waals surface area contributed by atoms with Gasteiger partial charge in [-0.1, -0.05) is 11.6 Å². The fourth-order valence-corrected chi connectivity index (χ4v) is 1.44. The van der Waals surface area contributed by atoms with Crippen LogP contribution < -0.4 is 0 Å². The summed E-state index contributed by atoms with van der Waals surface area (Å²) >= 11 is 9.19. The predicted octanol–water partition coefficient (Wildman–Crippen LogP) is 2.85. The summed E-state index contributed by atoms with van der Waals surface area (Å²) in [5.41, 5.74) is 0.835. The van der Waals surface area contributed by atoms with E-state index in [1.807, 2.05) is 12.1 Å². The predicted molar refractivity (Wildman–Crippen MR) is 51.1 cm³/mol. The van der Waals surface area contributed by atoms with Crippen molar-refractivity contribution < 1.29 is 0 Å². The zero-order valence-electron chi connectivity index (χ0n) is 5.88. The van der Waals surface area contributed by atoms with Gasteiger partial charge in [0.1, 0.15) is 0 Å². The lowest BCUT2D eigenvalue weighted by Gasteiger charge is -1.97. The quantitative estimate of drug-likeness (QED) is 0.710. The third-order valence-corrected chi connectivity index (χ3v) is 2.70. The van der Waals surface area contributed by atoms with Crippen LogP contribution in [0, 0.1) is 6.33 Å². The van der Waals surface area contributed by atoms with Crippen LogP contribution >= 0.6 is 27.5 Å². The Balaban J connectivity index is 2.84. The first-order valence-electron chi connectivity index (χ1n) is 3.25. The molecule has 2 aromatic rings. The number of halogens is 2. The number of hydrogen-bond acceptors (Lipinski definition) is 2. The number of aromatic nitrogens is 2. The van der Waals surface area contributed by atoms with Gasteiger partial charge in [0.2, 0.25) is 0 Å². The van der Waals surface area contributed by atoms with Crippen molar-refractivity contribution in [3.63, 3.8) is 0 Å². The Morgan fingerprint density at radius 2 is 2.25 bits per heavy atom. The Bertz CT molecular complexity index is 390. The van der Waals surface area contributed by atoms with Crippen molar-refractivity contribution in [2.75, 3.05) is 0 Å². The van der Waals surface area contributed by atoms with E-state index in [4.69, 9.17) is 11.6 Å². The Labute approximate surface area is 82.7 Å². The third-order valence-electron chi connectivity index (χ3n) is 1.50. The fourth-order valence-electron chi connectivity index (χ4n) is 0.933. The van der Waals surface area contributed by atoms with Crippen LogP contribution in [0.3, 0.4) is 0 Å². The van der Waals surface area contributed by atoms with Gasteiger partial charge in [-0.2, -0.15) is 0 Å². The van der Waals surface area contributed by atoms with Crippen LogP contribution in [-0.4, -0.2) is 9.97 Å². The van der Waals surface area contributed by atoms with Crippen molar-refractivity contribution in [2.24, 2.45) is 0 Å². The van der Waals surface area contributed by atoms with Crippen LogP contribution in [0.15, 0.2) is 22.8 Å². The average Bonchev–Trinajstić information content (AvgIpc) is 2.07. The summed E-state index contributed by atoms with van der Waals surface area (Å²) in [5, 5.41) is 1.58. The van der Waals surface area contributed by atoms with Gasteiger partial charge in [0.15, 0.2) is 6.33 Å². The first-order chi connectivity index (χ1) is 5.77. The zero-order valence-corrected chi connectivity index (χ0v) is 8.22. The second-order valence-electron chi connectivity index (χ2n) is 2.30. The minimum absolute atomic E-state index is 0.664. The van der Waals surface area contributed by atoms with E-state index in [0.29, 0.717) is 5.02 Å². The molecule has 0 spiro atoms. The van der Waals surface area contributed by atoms with E-state index >= 15 is 0 Å². The smallest absolute Gasteiger partial charge is 0.198 e. The largest absolute Gasteiger partial charge is 0.233 e. The molecule has 1 aromatic carbocycles. The fraction of sp³-hybridized carbons (Fsp3) is 0. The van der Waals surface area contributed by atoms with Crippen molar-refractivity contribution >= 4 is 38.4 Å². The number of fused-ring (bicyclic) bond motifs is 1. The molecule has 2 rings (SSSR count). The van der Waals surface area contributed by atoms with Crippen LogP contribution in [0.4, 0.5) is 0 Å². The maximum atomic E-state index is 5.88. The molecule has 0 aliphatic heterocycles. The SMILES string of the molecule is Clc1cc2cn[c]nc2cc1Br.